The van der Waals surface area contributed by atoms with Gasteiger partial charge >= 0.3 is 0 Å². The summed E-state index contributed by atoms with van der Waals surface area (Å²) in [6, 6.07) is 3.63. The van der Waals surface area contributed by atoms with Crippen LogP contribution >= 0.6 is 0 Å². The number of nitrogens with zero attached hydrogens (tertiary/aromatic N) is 4. The van der Waals surface area contributed by atoms with Crippen molar-refractivity contribution in [1.29, 1.82) is 5.26 Å². The van der Waals surface area contributed by atoms with E-state index in [9.17, 15) is 0 Å². The maximum Gasteiger partial charge on any atom is 0.226 e. The van der Waals surface area contributed by atoms with Gasteiger partial charge in [0.25, 0.3) is 0 Å². The summed E-state index contributed by atoms with van der Waals surface area (Å²) in [6.07, 6.45) is 6.87. The van der Waals surface area contributed by atoms with Gasteiger partial charge in [-0.2, -0.15) is 5.26 Å². The van der Waals surface area contributed by atoms with Gasteiger partial charge in [0, 0.05) is 19.3 Å². The summed E-state index contributed by atoms with van der Waals surface area (Å²) in [4.78, 5) is 10.3. The Morgan fingerprint density at radius 3 is 3.07 bits per heavy atom. The quantitative estimate of drug-likeness (QED) is 0.616. The van der Waals surface area contributed by atoms with Crippen LogP contribution in [0.25, 0.3) is 0 Å². The van der Waals surface area contributed by atoms with Crippen LogP contribution in [0.3, 0.4) is 0 Å². The Kier molecular flexibility index (Phi) is 2.41. The van der Waals surface area contributed by atoms with Gasteiger partial charge in [-0.05, 0) is 12.5 Å². The molecule has 0 fully saturated rings. The van der Waals surface area contributed by atoms with Crippen LogP contribution in [0.1, 0.15) is 12.1 Å². The third kappa shape index (κ3) is 1.72. The number of hydrogen-bond donors (Lipinski definition) is 0. The third-order valence-electron chi connectivity index (χ3n) is 2.10. The summed E-state index contributed by atoms with van der Waals surface area (Å²) in [5.74, 6) is 0.647. The van der Waals surface area contributed by atoms with Gasteiger partial charge in [-0.3, -0.25) is 0 Å². The van der Waals surface area contributed by atoms with Crippen molar-refractivity contribution in [3.63, 3.8) is 0 Å². The molecule has 0 aromatic carbocycles. The molecule has 0 atom stereocenters. The highest BCUT2D eigenvalue weighted by Gasteiger charge is 2.09. The van der Waals surface area contributed by atoms with E-state index in [4.69, 9.17) is 5.26 Å². The van der Waals surface area contributed by atoms with Crippen LogP contribution in [0.2, 0.25) is 0 Å². The lowest BCUT2D eigenvalue weighted by molar-refractivity contribution is 0.785. The van der Waals surface area contributed by atoms with Crippen molar-refractivity contribution in [2.24, 2.45) is 0 Å². The Morgan fingerprint density at radius 1 is 1.43 bits per heavy atom. The van der Waals surface area contributed by atoms with Crippen LogP contribution in [0.5, 0.6) is 0 Å². The predicted octanol–water partition coefficient (Wildman–Crippen LogP) is 1.11. The first-order valence-electron chi connectivity index (χ1n) is 4.53. The zero-order valence-corrected chi connectivity index (χ0v) is 7.72. The lowest BCUT2D eigenvalue weighted by Gasteiger charge is -2.22. The average Bonchev–Trinajstić information content (AvgIpc) is 2.30. The monoisotopic (exact) mass is 186 g/mol. The molecule has 1 aromatic heterocycles. The normalized spacial score (nSPS) is 15.2. The van der Waals surface area contributed by atoms with Crippen molar-refractivity contribution in [2.45, 2.75) is 6.42 Å². The number of aromatic nitrogens is 2. The zero-order valence-electron chi connectivity index (χ0n) is 7.72. The number of nitriles is 1. The highest BCUT2D eigenvalue weighted by molar-refractivity contribution is 5.35. The highest BCUT2D eigenvalue weighted by Crippen LogP contribution is 2.10. The van der Waals surface area contributed by atoms with E-state index < -0.39 is 0 Å². The van der Waals surface area contributed by atoms with Gasteiger partial charge in [0.1, 0.15) is 11.8 Å². The minimum absolute atomic E-state index is 0.421. The van der Waals surface area contributed by atoms with Crippen LogP contribution in [-0.2, 0) is 0 Å². The zero-order chi connectivity index (χ0) is 9.80. The molecule has 14 heavy (non-hydrogen) atoms. The maximum absolute atomic E-state index is 8.69. The minimum atomic E-state index is 0.421. The molecule has 1 aromatic rings. The molecule has 0 bridgehead atoms. The fourth-order valence-corrected chi connectivity index (χ4v) is 1.39. The molecule has 0 aliphatic carbocycles. The van der Waals surface area contributed by atoms with Crippen LogP contribution in [0, 0.1) is 11.3 Å². The molecule has 0 amide bonds. The van der Waals surface area contributed by atoms with Crippen LogP contribution in [0.15, 0.2) is 24.4 Å². The van der Waals surface area contributed by atoms with Gasteiger partial charge < -0.3 is 4.90 Å². The van der Waals surface area contributed by atoms with Crippen LogP contribution in [-0.4, -0.2) is 23.1 Å². The van der Waals surface area contributed by atoms with E-state index in [1.165, 1.54) is 0 Å². The Morgan fingerprint density at radius 2 is 2.36 bits per heavy atom. The Hall–Kier alpha value is -1.89. The van der Waals surface area contributed by atoms with Crippen molar-refractivity contribution in [3.05, 3.63) is 30.1 Å². The third-order valence-corrected chi connectivity index (χ3v) is 2.10. The molecule has 0 N–H and O–H groups in total. The molecule has 2 rings (SSSR count). The first kappa shape index (κ1) is 8.70. The smallest absolute Gasteiger partial charge is 0.226 e. The fourth-order valence-electron chi connectivity index (χ4n) is 1.39. The number of hydrogen-bond acceptors (Lipinski definition) is 4. The summed E-state index contributed by atoms with van der Waals surface area (Å²) in [6.45, 7) is 1.75. The number of rotatable bonds is 1. The van der Waals surface area contributed by atoms with Crippen molar-refractivity contribution >= 4 is 5.95 Å². The van der Waals surface area contributed by atoms with Crippen LogP contribution < -0.4 is 4.90 Å². The van der Waals surface area contributed by atoms with Gasteiger partial charge in [0.05, 0.1) is 0 Å². The molecule has 0 saturated carbocycles. The van der Waals surface area contributed by atoms with Gasteiger partial charge in [-0.1, -0.05) is 12.2 Å². The Balaban J connectivity index is 2.23. The summed E-state index contributed by atoms with van der Waals surface area (Å²) in [7, 11) is 0. The van der Waals surface area contributed by atoms with Crippen molar-refractivity contribution in [2.75, 3.05) is 18.0 Å². The number of anilines is 1. The molecular formula is C10H10N4. The molecule has 1 aliphatic heterocycles. The molecular weight excluding hydrogens is 176 g/mol. The standard InChI is InChI=1S/C10H10N4/c11-8-9-4-5-12-10(13-9)14-6-2-1-3-7-14/h1-2,4-5H,3,6-7H2. The molecule has 4 nitrogen and oxygen atoms in total. The largest absolute Gasteiger partial charge is 0.337 e. The van der Waals surface area contributed by atoms with Gasteiger partial charge in [0.15, 0.2) is 0 Å². The van der Waals surface area contributed by atoms with E-state index in [1.54, 1.807) is 12.3 Å². The SMILES string of the molecule is N#Cc1ccnc(N2CC=CCC2)n1. The second-order valence-electron chi connectivity index (χ2n) is 3.06. The topological polar surface area (TPSA) is 52.8 Å². The highest BCUT2D eigenvalue weighted by atomic mass is 15.2. The minimum Gasteiger partial charge on any atom is -0.337 e. The Bertz CT molecular complexity index is 391. The van der Waals surface area contributed by atoms with E-state index in [-0.39, 0.29) is 0 Å². The molecule has 0 radical (unpaired) electrons. The van der Waals surface area contributed by atoms with E-state index in [1.807, 2.05) is 6.07 Å². The summed E-state index contributed by atoms with van der Waals surface area (Å²) in [5, 5.41) is 8.69. The lowest BCUT2D eigenvalue weighted by Crippen LogP contribution is -2.28. The first-order valence-corrected chi connectivity index (χ1v) is 4.53. The molecule has 2 heterocycles. The van der Waals surface area contributed by atoms with Gasteiger partial charge in [-0.15, -0.1) is 0 Å². The molecule has 70 valence electrons. The first-order chi connectivity index (χ1) is 6.90. The Labute approximate surface area is 82.5 Å². The molecule has 1 aliphatic rings. The lowest BCUT2D eigenvalue weighted by atomic mass is 10.2. The van der Waals surface area contributed by atoms with Gasteiger partial charge in [-0.25, -0.2) is 9.97 Å². The fraction of sp³-hybridized carbons (Fsp3) is 0.300. The summed E-state index contributed by atoms with van der Waals surface area (Å²) >= 11 is 0. The average molecular weight is 186 g/mol. The van der Waals surface area contributed by atoms with Gasteiger partial charge in [0.2, 0.25) is 5.95 Å². The van der Waals surface area contributed by atoms with Crippen molar-refractivity contribution < 1.29 is 0 Å². The maximum atomic E-state index is 8.69. The molecule has 0 unspecified atom stereocenters. The molecule has 0 saturated heterocycles. The second-order valence-corrected chi connectivity index (χ2v) is 3.06. The summed E-state index contributed by atoms with van der Waals surface area (Å²) in [5.41, 5.74) is 0.421. The predicted molar refractivity (Wildman–Crippen MR) is 52.7 cm³/mol. The van der Waals surface area contributed by atoms with Crippen LogP contribution in [0.4, 0.5) is 5.95 Å². The summed E-state index contributed by atoms with van der Waals surface area (Å²) < 4.78 is 0. The second kappa shape index (κ2) is 3.88. The van der Waals surface area contributed by atoms with E-state index in [0.717, 1.165) is 19.5 Å². The van der Waals surface area contributed by atoms with E-state index in [0.29, 0.717) is 11.6 Å². The van der Waals surface area contributed by atoms with Crippen molar-refractivity contribution in [3.8, 4) is 6.07 Å². The van der Waals surface area contributed by atoms with E-state index >= 15 is 0 Å². The molecule has 4 heteroatoms. The molecule has 0 spiro atoms. The van der Waals surface area contributed by atoms with E-state index in [2.05, 4.69) is 27.0 Å². The van der Waals surface area contributed by atoms with Crippen molar-refractivity contribution in [1.82, 2.24) is 9.97 Å².